The Kier molecular flexibility index (Phi) is 3.53. The molecule has 6 heteroatoms. The van der Waals surface area contributed by atoms with Crippen molar-refractivity contribution in [2.75, 3.05) is 18.1 Å². The van der Waals surface area contributed by atoms with E-state index >= 15 is 0 Å². The maximum atomic E-state index is 11.3. The first-order chi connectivity index (χ1) is 7.52. The van der Waals surface area contributed by atoms with Crippen molar-refractivity contribution < 1.29 is 18.3 Å². The highest BCUT2D eigenvalue weighted by atomic mass is 32.2. The number of aliphatic hydroxyl groups is 1. The second-order valence-electron chi connectivity index (χ2n) is 4.78. The van der Waals surface area contributed by atoms with Gasteiger partial charge in [0.1, 0.15) is 0 Å². The topological polar surface area (TPSA) is 89.6 Å². The Morgan fingerprint density at radius 3 is 2.56 bits per heavy atom. The maximum Gasteiger partial charge on any atom is 0.155 e. The molecular formula is C10H19NO4S. The summed E-state index contributed by atoms with van der Waals surface area (Å²) in [6.07, 6.45) is 1.63. The summed E-state index contributed by atoms with van der Waals surface area (Å²) in [5.41, 5.74) is 5.63. The van der Waals surface area contributed by atoms with Crippen LogP contribution < -0.4 is 5.73 Å². The van der Waals surface area contributed by atoms with Crippen molar-refractivity contribution in [3.8, 4) is 0 Å². The minimum absolute atomic E-state index is 0.0259. The number of hydrogen-bond donors (Lipinski definition) is 2. The third-order valence-corrected chi connectivity index (χ3v) is 5.20. The number of nitrogens with two attached hydrogens (primary N) is 1. The van der Waals surface area contributed by atoms with Gasteiger partial charge in [-0.1, -0.05) is 6.42 Å². The summed E-state index contributed by atoms with van der Waals surface area (Å²) in [7, 11) is -3.12. The molecule has 16 heavy (non-hydrogen) atoms. The highest BCUT2D eigenvalue weighted by Gasteiger charge is 2.40. The Bertz CT molecular complexity index is 343. The molecule has 0 aromatic carbocycles. The van der Waals surface area contributed by atoms with E-state index in [1.165, 1.54) is 0 Å². The fraction of sp³-hybridized carbons (Fsp3) is 1.00. The zero-order chi connectivity index (χ0) is 11.8. The molecule has 0 aromatic rings. The van der Waals surface area contributed by atoms with E-state index in [0.29, 0.717) is 12.5 Å². The van der Waals surface area contributed by atoms with Crippen LogP contribution in [0.1, 0.15) is 19.3 Å². The van der Waals surface area contributed by atoms with E-state index in [9.17, 15) is 13.5 Å². The molecule has 1 saturated heterocycles. The molecule has 94 valence electrons. The van der Waals surface area contributed by atoms with Crippen LogP contribution in [0.2, 0.25) is 0 Å². The van der Waals surface area contributed by atoms with E-state index in [0.717, 1.165) is 19.3 Å². The molecule has 1 aliphatic heterocycles. The summed E-state index contributed by atoms with van der Waals surface area (Å²) in [6, 6.07) is 0. The second kappa shape index (κ2) is 4.60. The number of sulfone groups is 1. The Hall–Kier alpha value is -0.170. The number of rotatable bonds is 3. The largest absolute Gasteiger partial charge is 0.389 e. The molecule has 1 heterocycles. The van der Waals surface area contributed by atoms with Gasteiger partial charge in [-0.05, 0) is 25.3 Å². The average Bonchev–Trinajstić information content (AvgIpc) is 2.71. The predicted molar refractivity (Wildman–Crippen MR) is 59.7 cm³/mol. The second-order valence-corrected chi connectivity index (χ2v) is 6.94. The molecule has 2 rings (SSSR count). The van der Waals surface area contributed by atoms with Gasteiger partial charge in [-0.25, -0.2) is 8.42 Å². The highest BCUT2D eigenvalue weighted by Crippen LogP contribution is 2.30. The molecule has 0 bridgehead atoms. The molecule has 0 radical (unpaired) electrons. The van der Waals surface area contributed by atoms with Gasteiger partial charge in [0.05, 0.1) is 29.8 Å². The van der Waals surface area contributed by atoms with Crippen LogP contribution >= 0.6 is 0 Å². The third-order valence-electron chi connectivity index (χ3n) is 3.51. The van der Waals surface area contributed by atoms with Crippen LogP contribution in [-0.2, 0) is 14.6 Å². The molecule has 2 fully saturated rings. The van der Waals surface area contributed by atoms with E-state index < -0.39 is 22.0 Å². The maximum absolute atomic E-state index is 11.3. The molecule has 0 amide bonds. The first-order valence-electron chi connectivity index (χ1n) is 5.76. The van der Waals surface area contributed by atoms with Crippen molar-refractivity contribution in [3.05, 3.63) is 0 Å². The van der Waals surface area contributed by atoms with Crippen molar-refractivity contribution in [3.63, 3.8) is 0 Å². The molecule has 1 saturated carbocycles. The van der Waals surface area contributed by atoms with Crippen LogP contribution in [0.25, 0.3) is 0 Å². The Morgan fingerprint density at radius 1 is 1.25 bits per heavy atom. The van der Waals surface area contributed by atoms with Crippen LogP contribution in [-0.4, -0.2) is 49.9 Å². The van der Waals surface area contributed by atoms with Gasteiger partial charge in [-0.15, -0.1) is 0 Å². The fourth-order valence-corrected chi connectivity index (χ4v) is 4.28. The van der Waals surface area contributed by atoms with E-state index in [4.69, 9.17) is 10.5 Å². The van der Waals surface area contributed by atoms with Crippen LogP contribution in [0.4, 0.5) is 0 Å². The standard InChI is InChI=1S/C10H19NO4S/c11-4-7-2-1-3-9(7)15-10-6-16(13,14)5-8(10)12/h7-10,12H,1-6,11H2. The lowest BCUT2D eigenvalue weighted by molar-refractivity contribution is -0.0645. The molecule has 4 atom stereocenters. The van der Waals surface area contributed by atoms with Gasteiger partial charge in [0.2, 0.25) is 0 Å². The van der Waals surface area contributed by atoms with Crippen molar-refractivity contribution in [2.45, 2.75) is 37.6 Å². The molecule has 5 nitrogen and oxygen atoms in total. The Morgan fingerprint density at radius 2 is 2.00 bits per heavy atom. The van der Waals surface area contributed by atoms with Gasteiger partial charge in [-0.2, -0.15) is 0 Å². The SMILES string of the molecule is NCC1CCCC1OC1CS(=O)(=O)CC1O. The molecule has 2 aliphatic rings. The van der Waals surface area contributed by atoms with Crippen LogP contribution in [0.3, 0.4) is 0 Å². The van der Waals surface area contributed by atoms with Gasteiger partial charge in [-0.3, -0.25) is 0 Å². The first-order valence-corrected chi connectivity index (χ1v) is 7.58. The Labute approximate surface area is 95.9 Å². The first kappa shape index (κ1) is 12.3. The summed E-state index contributed by atoms with van der Waals surface area (Å²) in [5, 5.41) is 9.61. The van der Waals surface area contributed by atoms with Gasteiger partial charge in [0.25, 0.3) is 0 Å². The van der Waals surface area contributed by atoms with Crippen molar-refractivity contribution in [1.29, 1.82) is 0 Å². The minimum atomic E-state index is -3.12. The third kappa shape index (κ3) is 2.56. The zero-order valence-electron chi connectivity index (χ0n) is 9.21. The van der Waals surface area contributed by atoms with Crippen molar-refractivity contribution in [2.24, 2.45) is 11.7 Å². The van der Waals surface area contributed by atoms with Gasteiger partial charge < -0.3 is 15.6 Å². The summed E-state index contributed by atoms with van der Waals surface area (Å²) in [6.45, 7) is 0.570. The average molecular weight is 249 g/mol. The van der Waals surface area contributed by atoms with Crippen molar-refractivity contribution in [1.82, 2.24) is 0 Å². The van der Waals surface area contributed by atoms with E-state index in [1.54, 1.807) is 0 Å². The van der Waals surface area contributed by atoms with Crippen LogP contribution in [0.15, 0.2) is 0 Å². The fourth-order valence-electron chi connectivity index (χ4n) is 2.60. The monoisotopic (exact) mass is 249 g/mol. The molecule has 3 N–H and O–H groups in total. The van der Waals surface area contributed by atoms with Gasteiger partial charge in [0.15, 0.2) is 9.84 Å². The van der Waals surface area contributed by atoms with Crippen LogP contribution in [0, 0.1) is 5.92 Å². The van der Waals surface area contributed by atoms with Crippen LogP contribution in [0.5, 0.6) is 0 Å². The predicted octanol–water partition coefficient (Wildman–Crippen LogP) is -0.712. The molecule has 0 aromatic heterocycles. The lowest BCUT2D eigenvalue weighted by atomic mass is 10.1. The van der Waals surface area contributed by atoms with Crippen molar-refractivity contribution >= 4 is 9.84 Å². The van der Waals surface area contributed by atoms with E-state index in [1.807, 2.05) is 0 Å². The zero-order valence-corrected chi connectivity index (χ0v) is 10.0. The normalized spacial score (nSPS) is 42.6. The number of hydrogen-bond acceptors (Lipinski definition) is 5. The summed E-state index contributed by atoms with van der Waals surface area (Å²) >= 11 is 0. The summed E-state index contributed by atoms with van der Waals surface area (Å²) in [5.74, 6) is 0.0927. The summed E-state index contributed by atoms with van der Waals surface area (Å²) < 4.78 is 28.3. The molecular weight excluding hydrogens is 230 g/mol. The van der Waals surface area contributed by atoms with E-state index in [-0.39, 0.29) is 17.6 Å². The quantitative estimate of drug-likeness (QED) is 0.689. The molecule has 4 unspecified atom stereocenters. The molecule has 0 spiro atoms. The lowest BCUT2D eigenvalue weighted by Crippen LogP contribution is -2.35. The number of aliphatic hydroxyl groups excluding tert-OH is 1. The minimum Gasteiger partial charge on any atom is -0.389 e. The number of ether oxygens (including phenoxy) is 1. The molecule has 1 aliphatic carbocycles. The van der Waals surface area contributed by atoms with E-state index in [2.05, 4.69) is 0 Å². The summed E-state index contributed by atoms with van der Waals surface area (Å²) in [4.78, 5) is 0. The lowest BCUT2D eigenvalue weighted by Gasteiger charge is -2.24. The smallest absolute Gasteiger partial charge is 0.155 e. The van der Waals surface area contributed by atoms with Gasteiger partial charge in [0, 0.05) is 0 Å². The highest BCUT2D eigenvalue weighted by molar-refractivity contribution is 7.91. The van der Waals surface area contributed by atoms with Gasteiger partial charge >= 0.3 is 0 Å². The Balaban J connectivity index is 1.95.